The molecule has 0 amide bonds. The first-order chi connectivity index (χ1) is 10.1. The van der Waals surface area contributed by atoms with Crippen molar-refractivity contribution in [3.05, 3.63) is 23.8 Å². The maximum atomic E-state index is 11.9. The molecule has 0 heterocycles. The Kier molecular flexibility index (Phi) is 5.37. The molecule has 1 fully saturated rings. The van der Waals surface area contributed by atoms with Crippen molar-refractivity contribution < 1.29 is 19.4 Å². The van der Waals surface area contributed by atoms with Crippen molar-refractivity contribution >= 4 is 11.6 Å². The fourth-order valence-corrected chi connectivity index (χ4v) is 2.84. The summed E-state index contributed by atoms with van der Waals surface area (Å²) >= 11 is 0. The van der Waals surface area contributed by atoms with E-state index in [1.165, 1.54) is 7.11 Å². The molecule has 0 bridgehead atoms. The minimum Gasteiger partial charge on any atom is -0.504 e. The molecular formula is C17H22O4. The maximum absolute atomic E-state index is 11.9. The third-order valence-electron chi connectivity index (χ3n) is 4.12. The SMILES string of the molecule is COc1cc(CCC(=O)CC(=O)C2CCCC2)ccc1O. The van der Waals surface area contributed by atoms with Gasteiger partial charge in [0.15, 0.2) is 11.5 Å². The molecule has 1 aliphatic rings. The van der Waals surface area contributed by atoms with Crippen LogP contribution in [0.4, 0.5) is 0 Å². The molecule has 4 nitrogen and oxygen atoms in total. The van der Waals surface area contributed by atoms with Gasteiger partial charge in [-0.3, -0.25) is 9.59 Å². The van der Waals surface area contributed by atoms with E-state index in [1.54, 1.807) is 18.2 Å². The van der Waals surface area contributed by atoms with E-state index in [2.05, 4.69) is 0 Å². The molecule has 1 saturated carbocycles. The predicted molar refractivity (Wildman–Crippen MR) is 79.6 cm³/mol. The molecule has 1 N–H and O–H groups in total. The number of rotatable bonds is 7. The summed E-state index contributed by atoms with van der Waals surface area (Å²) in [6.45, 7) is 0. The number of benzene rings is 1. The summed E-state index contributed by atoms with van der Waals surface area (Å²) in [4.78, 5) is 23.8. The van der Waals surface area contributed by atoms with Crippen molar-refractivity contribution in [3.63, 3.8) is 0 Å². The molecule has 1 aliphatic carbocycles. The van der Waals surface area contributed by atoms with Crippen LogP contribution >= 0.6 is 0 Å². The molecule has 2 rings (SSSR count). The first-order valence-electron chi connectivity index (χ1n) is 7.50. The first kappa shape index (κ1) is 15.5. The van der Waals surface area contributed by atoms with Crippen LogP contribution in [0.3, 0.4) is 0 Å². The van der Waals surface area contributed by atoms with Crippen molar-refractivity contribution in [1.29, 1.82) is 0 Å². The van der Waals surface area contributed by atoms with E-state index >= 15 is 0 Å². The number of phenolic OH excluding ortho intramolecular Hbond substituents is 1. The van der Waals surface area contributed by atoms with Gasteiger partial charge in [0, 0.05) is 12.3 Å². The quantitative estimate of drug-likeness (QED) is 0.784. The lowest BCUT2D eigenvalue weighted by Gasteiger charge is -2.08. The van der Waals surface area contributed by atoms with Gasteiger partial charge in [0.05, 0.1) is 13.5 Å². The zero-order valence-electron chi connectivity index (χ0n) is 12.4. The molecule has 0 saturated heterocycles. The number of aromatic hydroxyl groups is 1. The molecule has 0 unspecified atom stereocenters. The zero-order chi connectivity index (χ0) is 15.2. The van der Waals surface area contributed by atoms with E-state index in [4.69, 9.17) is 4.74 Å². The minimum absolute atomic E-state index is 0.000980. The Labute approximate surface area is 125 Å². The van der Waals surface area contributed by atoms with E-state index in [1.807, 2.05) is 0 Å². The number of ketones is 2. The highest BCUT2D eigenvalue weighted by Crippen LogP contribution is 2.28. The molecule has 4 heteroatoms. The molecule has 0 aromatic heterocycles. The van der Waals surface area contributed by atoms with Crippen molar-refractivity contribution in [2.24, 2.45) is 5.92 Å². The van der Waals surface area contributed by atoms with E-state index < -0.39 is 0 Å². The van der Waals surface area contributed by atoms with E-state index in [0.29, 0.717) is 18.6 Å². The van der Waals surface area contributed by atoms with Gasteiger partial charge < -0.3 is 9.84 Å². The lowest BCUT2D eigenvalue weighted by atomic mass is 9.96. The Morgan fingerprint density at radius 3 is 2.67 bits per heavy atom. The molecule has 0 aliphatic heterocycles. The second kappa shape index (κ2) is 7.25. The van der Waals surface area contributed by atoms with Gasteiger partial charge in [-0.15, -0.1) is 0 Å². The molecule has 0 spiro atoms. The maximum Gasteiger partial charge on any atom is 0.160 e. The molecule has 0 radical (unpaired) electrons. The van der Waals surface area contributed by atoms with Crippen LogP contribution in [-0.4, -0.2) is 23.8 Å². The number of carbonyl (C=O) groups excluding carboxylic acids is 2. The third-order valence-corrected chi connectivity index (χ3v) is 4.12. The number of ether oxygens (including phenoxy) is 1. The van der Waals surface area contributed by atoms with Gasteiger partial charge >= 0.3 is 0 Å². The average Bonchev–Trinajstić information content (AvgIpc) is 3.00. The van der Waals surface area contributed by atoms with Crippen LogP contribution in [0, 0.1) is 5.92 Å². The lowest BCUT2D eigenvalue weighted by molar-refractivity contribution is -0.129. The number of methoxy groups -OCH3 is 1. The highest BCUT2D eigenvalue weighted by atomic mass is 16.5. The van der Waals surface area contributed by atoms with E-state index in [-0.39, 0.29) is 29.7 Å². The van der Waals surface area contributed by atoms with E-state index in [9.17, 15) is 14.7 Å². The van der Waals surface area contributed by atoms with Gasteiger partial charge in [0.25, 0.3) is 0 Å². The van der Waals surface area contributed by atoms with Gasteiger partial charge in [0.2, 0.25) is 0 Å². The van der Waals surface area contributed by atoms with Crippen LogP contribution < -0.4 is 4.74 Å². The largest absolute Gasteiger partial charge is 0.504 e. The summed E-state index contributed by atoms with van der Waals surface area (Å²) in [5.41, 5.74) is 0.923. The Balaban J connectivity index is 1.82. The molecule has 0 atom stereocenters. The summed E-state index contributed by atoms with van der Waals surface area (Å²) in [7, 11) is 1.49. The summed E-state index contributed by atoms with van der Waals surface area (Å²) in [6.07, 6.45) is 5.10. The number of aryl methyl sites for hydroxylation is 1. The Hall–Kier alpha value is -1.84. The molecule has 21 heavy (non-hydrogen) atoms. The van der Waals surface area contributed by atoms with Crippen LogP contribution in [0.1, 0.15) is 44.1 Å². The van der Waals surface area contributed by atoms with Crippen LogP contribution in [0.2, 0.25) is 0 Å². The van der Waals surface area contributed by atoms with Gasteiger partial charge in [-0.2, -0.15) is 0 Å². The average molecular weight is 290 g/mol. The Morgan fingerprint density at radius 2 is 2.00 bits per heavy atom. The van der Waals surface area contributed by atoms with Crippen molar-refractivity contribution in [2.45, 2.75) is 44.9 Å². The summed E-state index contributed by atoms with van der Waals surface area (Å²) < 4.78 is 5.04. The summed E-state index contributed by atoms with van der Waals surface area (Å²) in [6, 6.07) is 5.05. The molecule has 1 aromatic rings. The zero-order valence-corrected chi connectivity index (χ0v) is 12.4. The van der Waals surface area contributed by atoms with Crippen LogP contribution in [0.5, 0.6) is 11.5 Å². The number of Topliss-reactive ketones (excluding diaryl/α,β-unsaturated/α-hetero) is 2. The number of carbonyl (C=O) groups is 2. The van der Waals surface area contributed by atoms with Crippen LogP contribution in [-0.2, 0) is 16.0 Å². The van der Waals surface area contributed by atoms with Crippen LogP contribution in [0.25, 0.3) is 0 Å². The van der Waals surface area contributed by atoms with Gasteiger partial charge in [-0.05, 0) is 37.0 Å². The standard InChI is InChI=1S/C17H22O4/c1-21-17-10-12(7-9-15(17)19)6-8-14(18)11-16(20)13-4-2-3-5-13/h7,9-10,13,19H,2-6,8,11H2,1H3. The second-order valence-electron chi connectivity index (χ2n) is 5.67. The predicted octanol–water partition coefficient (Wildman–Crippen LogP) is 3.05. The van der Waals surface area contributed by atoms with Crippen LogP contribution in [0.15, 0.2) is 18.2 Å². The first-order valence-corrected chi connectivity index (χ1v) is 7.50. The number of phenols is 1. The topological polar surface area (TPSA) is 63.6 Å². The molecular weight excluding hydrogens is 268 g/mol. The molecule has 114 valence electrons. The monoisotopic (exact) mass is 290 g/mol. The number of hydrogen-bond donors (Lipinski definition) is 1. The summed E-state index contributed by atoms with van der Waals surface area (Å²) in [5, 5.41) is 9.52. The third kappa shape index (κ3) is 4.31. The smallest absolute Gasteiger partial charge is 0.160 e. The molecule has 1 aromatic carbocycles. The van der Waals surface area contributed by atoms with Crippen molar-refractivity contribution in [2.75, 3.05) is 7.11 Å². The fraction of sp³-hybridized carbons (Fsp3) is 0.529. The Morgan fingerprint density at radius 1 is 1.29 bits per heavy atom. The fourth-order valence-electron chi connectivity index (χ4n) is 2.84. The normalized spacial score (nSPS) is 15.1. The Bertz CT molecular complexity index is 516. The highest BCUT2D eigenvalue weighted by molar-refractivity contribution is 6.00. The minimum atomic E-state index is -0.000980. The highest BCUT2D eigenvalue weighted by Gasteiger charge is 2.24. The van der Waals surface area contributed by atoms with Crippen molar-refractivity contribution in [3.8, 4) is 11.5 Å². The summed E-state index contributed by atoms with van der Waals surface area (Å²) in [5.74, 6) is 0.716. The van der Waals surface area contributed by atoms with E-state index in [0.717, 1.165) is 31.2 Å². The van der Waals surface area contributed by atoms with Crippen molar-refractivity contribution in [1.82, 2.24) is 0 Å². The lowest BCUT2D eigenvalue weighted by Crippen LogP contribution is -2.16. The van der Waals surface area contributed by atoms with Gasteiger partial charge in [0.1, 0.15) is 11.6 Å². The van der Waals surface area contributed by atoms with Gasteiger partial charge in [-0.1, -0.05) is 18.9 Å². The number of hydrogen-bond acceptors (Lipinski definition) is 4. The second-order valence-corrected chi connectivity index (χ2v) is 5.67. The van der Waals surface area contributed by atoms with Gasteiger partial charge in [-0.25, -0.2) is 0 Å².